The molecule has 21 heavy (non-hydrogen) atoms. The first-order valence-electron chi connectivity index (χ1n) is 7.50. The van der Waals surface area contributed by atoms with Gasteiger partial charge in [0, 0.05) is 37.9 Å². The maximum Gasteiger partial charge on any atom is 0.258 e. The fraction of sp³-hybridized carbons (Fsp3) is 0.500. The Morgan fingerprint density at radius 1 is 1.43 bits per heavy atom. The molecule has 1 fully saturated rings. The number of aromatic nitrogens is 2. The molecule has 2 aromatic heterocycles. The van der Waals surface area contributed by atoms with Crippen molar-refractivity contribution in [3.63, 3.8) is 0 Å². The quantitative estimate of drug-likeness (QED) is 0.900. The standard InChI is InChI=1S/C16H22N4O/c1-11-3-4-15-18-13(7-16(21)20(15)8-11)10-19-6-5-14(17)12(2)9-19/h3-4,7-8,12,14H,5-6,9-10,17H2,1-2H3. The molecule has 2 aromatic rings. The second-order valence-corrected chi connectivity index (χ2v) is 6.19. The van der Waals surface area contributed by atoms with Gasteiger partial charge in [-0.2, -0.15) is 0 Å². The molecule has 3 heterocycles. The summed E-state index contributed by atoms with van der Waals surface area (Å²) in [4.78, 5) is 19.1. The lowest BCUT2D eigenvalue weighted by Gasteiger charge is -2.34. The zero-order chi connectivity index (χ0) is 15.0. The van der Waals surface area contributed by atoms with E-state index in [1.807, 2.05) is 25.3 Å². The minimum Gasteiger partial charge on any atom is -0.327 e. The Hall–Kier alpha value is -1.72. The fourth-order valence-electron chi connectivity index (χ4n) is 2.96. The fourth-order valence-corrected chi connectivity index (χ4v) is 2.96. The van der Waals surface area contributed by atoms with Gasteiger partial charge in [-0.15, -0.1) is 0 Å². The lowest BCUT2D eigenvalue weighted by molar-refractivity contribution is 0.156. The number of nitrogens with two attached hydrogens (primary N) is 1. The van der Waals surface area contributed by atoms with Gasteiger partial charge in [-0.25, -0.2) is 4.98 Å². The SMILES string of the molecule is Cc1ccc2nc(CN3CCC(N)C(C)C3)cc(=O)n2c1. The van der Waals surface area contributed by atoms with Crippen LogP contribution in [0.1, 0.15) is 24.6 Å². The van der Waals surface area contributed by atoms with Crippen molar-refractivity contribution < 1.29 is 0 Å². The number of fused-ring (bicyclic) bond motifs is 1. The number of nitrogens with zero attached hydrogens (tertiary/aromatic N) is 3. The first-order chi connectivity index (χ1) is 10.0. The summed E-state index contributed by atoms with van der Waals surface area (Å²) >= 11 is 0. The Kier molecular flexibility index (Phi) is 3.78. The molecule has 0 bridgehead atoms. The van der Waals surface area contributed by atoms with Crippen LogP contribution in [0.3, 0.4) is 0 Å². The second kappa shape index (κ2) is 5.58. The van der Waals surface area contributed by atoms with Crippen LogP contribution in [0.25, 0.3) is 5.65 Å². The van der Waals surface area contributed by atoms with Gasteiger partial charge >= 0.3 is 0 Å². The number of hydrogen-bond donors (Lipinski definition) is 1. The molecule has 2 N–H and O–H groups in total. The largest absolute Gasteiger partial charge is 0.327 e. The molecule has 3 rings (SSSR count). The lowest BCUT2D eigenvalue weighted by Crippen LogP contribution is -2.45. The molecule has 0 aromatic carbocycles. The average Bonchev–Trinajstić information content (AvgIpc) is 2.44. The summed E-state index contributed by atoms with van der Waals surface area (Å²) in [6, 6.07) is 5.81. The summed E-state index contributed by atoms with van der Waals surface area (Å²) in [7, 11) is 0. The van der Waals surface area contributed by atoms with Crippen molar-refractivity contribution in [3.8, 4) is 0 Å². The second-order valence-electron chi connectivity index (χ2n) is 6.19. The van der Waals surface area contributed by atoms with E-state index in [2.05, 4.69) is 16.8 Å². The highest BCUT2D eigenvalue weighted by Crippen LogP contribution is 2.16. The van der Waals surface area contributed by atoms with Crippen molar-refractivity contribution in [3.05, 3.63) is 46.0 Å². The predicted molar refractivity (Wildman–Crippen MR) is 83.2 cm³/mol. The van der Waals surface area contributed by atoms with Crippen LogP contribution >= 0.6 is 0 Å². The van der Waals surface area contributed by atoms with Crippen LogP contribution in [0, 0.1) is 12.8 Å². The van der Waals surface area contributed by atoms with E-state index in [4.69, 9.17) is 5.73 Å². The third-order valence-electron chi connectivity index (χ3n) is 4.30. The Morgan fingerprint density at radius 3 is 3.00 bits per heavy atom. The van der Waals surface area contributed by atoms with Crippen molar-refractivity contribution in [1.82, 2.24) is 14.3 Å². The number of pyridine rings is 1. The van der Waals surface area contributed by atoms with Crippen molar-refractivity contribution in [1.29, 1.82) is 0 Å². The van der Waals surface area contributed by atoms with Crippen LogP contribution in [-0.2, 0) is 6.54 Å². The van der Waals surface area contributed by atoms with E-state index in [1.54, 1.807) is 10.5 Å². The van der Waals surface area contributed by atoms with Gasteiger partial charge in [0.1, 0.15) is 5.65 Å². The van der Waals surface area contributed by atoms with E-state index in [9.17, 15) is 4.79 Å². The molecule has 2 atom stereocenters. The highest BCUT2D eigenvalue weighted by Gasteiger charge is 2.23. The molecule has 112 valence electrons. The van der Waals surface area contributed by atoms with Crippen molar-refractivity contribution in [2.24, 2.45) is 11.7 Å². The van der Waals surface area contributed by atoms with Gasteiger partial charge in [0.05, 0.1) is 5.69 Å². The highest BCUT2D eigenvalue weighted by atomic mass is 16.1. The summed E-state index contributed by atoms with van der Waals surface area (Å²) in [6.07, 6.45) is 2.84. The van der Waals surface area contributed by atoms with Crippen LogP contribution < -0.4 is 11.3 Å². The molecule has 5 nitrogen and oxygen atoms in total. The van der Waals surface area contributed by atoms with Gasteiger partial charge in [0.25, 0.3) is 5.56 Å². The smallest absolute Gasteiger partial charge is 0.258 e. The first kappa shape index (κ1) is 14.2. The van der Waals surface area contributed by atoms with Crippen molar-refractivity contribution >= 4 is 5.65 Å². The summed E-state index contributed by atoms with van der Waals surface area (Å²) in [5, 5.41) is 0. The van der Waals surface area contributed by atoms with Crippen molar-refractivity contribution in [2.75, 3.05) is 13.1 Å². The summed E-state index contributed by atoms with van der Waals surface area (Å²) in [6.45, 7) is 6.81. The van der Waals surface area contributed by atoms with Gasteiger partial charge in [0.15, 0.2) is 0 Å². The maximum atomic E-state index is 12.2. The molecule has 1 aliphatic heterocycles. The number of aryl methyl sites for hydroxylation is 1. The van der Waals surface area contributed by atoms with Gasteiger partial charge in [-0.3, -0.25) is 14.1 Å². The van der Waals surface area contributed by atoms with E-state index < -0.39 is 0 Å². The summed E-state index contributed by atoms with van der Waals surface area (Å²) < 4.78 is 1.60. The zero-order valence-corrected chi connectivity index (χ0v) is 12.6. The number of rotatable bonds is 2. The third-order valence-corrected chi connectivity index (χ3v) is 4.30. The lowest BCUT2D eigenvalue weighted by atomic mass is 9.95. The maximum absolute atomic E-state index is 12.2. The molecule has 5 heteroatoms. The van der Waals surface area contributed by atoms with Crippen LogP contribution in [0.4, 0.5) is 0 Å². The van der Waals surface area contributed by atoms with Gasteiger partial charge in [-0.05, 0) is 30.9 Å². The van der Waals surface area contributed by atoms with Crippen LogP contribution in [-0.4, -0.2) is 33.4 Å². The molecule has 0 spiro atoms. The molecule has 0 radical (unpaired) electrons. The molecular formula is C16H22N4O. The summed E-state index contributed by atoms with van der Waals surface area (Å²) in [5.41, 5.74) is 8.64. The molecule has 1 saturated heterocycles. The topological polar surface area (TPSA) is 63.6 Å². The van der Waals surface area contributed by atoms with Crippen LogP contribution in [0.15, 0.2) is 29.2 Å². The Balaban J connectivity index is 1.85. The highest BCUT2D eigenvalue weighted by molar-refractivity contribution is 5.39. The molecular weight excluding hydrogens is 264 g/mol. The molecule has 2 unspecified atom stereocenters. The van der Waals surface area contributed by atoms with Crippen LogP contribution in [0.5, 0.6) is 0 Å². The number of likely N-dealkylation sites (tertiary alicyclic amines) is 1. The minimum atomic E-state index is -0.0135. The van der Waals surface area contributed by atoms with E-state index in [0.717, 1.165) is 37.3 Å². The van der Waals surface area contributed by atoms with E-state index in [0.29, 0.717) is 17.6 Å². The van der Waals surface area contributed by atoms with Gasteiger partial charge < -0.3 is 5.73 Å². The predicted octanol–water partition coefficient (Wildman–Crippen LogP) is 1.17. The number of piperidine rings is 1. The zero-order valence-electron chi connectivity index (χ0n) is 12.6. The molecule has 1 aliphatic rings. The van der Waals surface area contributed by atoms with E-state index in [-0.39, 0.29) is 5.56 Å². The Morgan fingerprint density at radius 2 is 2.24 bits per heavy atom. The van der Waals surface area contributed by atoms with E-state index >= 15 is 0 Å². The monoisotopic (exact) mass is 286 g/mol. The molecule has 0 saturated carbocycles. The van der Waals surface area contributed by atoms with Gasteiger partial charge in [0.2, 0.25) is 0 Å². The normalized spacial score (nSPS) is 23.6. The van der Waals surface area contributed by atoms with Crippen LogP contribution in [0.2, 0.25) is 0 Å². The number of hydrogen-bond acceptors (Lipinski definition) is 4. The minimum absolute atomic E-state index is 0.0135. The summed E-state index contributed by atoms with van der Waals surface area (Å²) in [5.74, 6) is 0.489. The first-order valence-corrected chi connectivity index (χ1v) is 7.50. The average molecular weight is 286 g/mol. The third kappa shape index (κ3) is 2.99. The van der Waals surface area contributed by atoms with E-state index in [1.165, 1.54) is 0 Å². The molecule has 0 aliphatic carbocycles. The Labute approximate surface area is 124 Å². The van der Waals surface area contributed by atoms with Gasteiger partial charge in [-0.1, -0.05) is 13.0 Å². The van der Waals surface area contributed by atoms with Crippen molar-refractivity contribution in [2.45, 2.75) is 32.9 Å². The molecule has 0 amide bonds. The Bertz CT molecular complexity index is 709.